The third-order valence-corrected chi connectivity index (χ3v) is 5.90. The number of benzene rings is 2. The predicted octanol–water partition coefficient (Wildman–Crippen LogP) is 4.97. The van der Waals surface area contributed by atoms with Crippen molar-refractivity contribution in [3.63, 3.8) is 0 Å². The molecule has 0 aliphatic carbocycles. The van der Waals surface area contributed by atoms with Gasteiger partial charge in [-0.1, -0.05) is 29.5 Å². The van der Waals surface area contributed by atoms with E-state index in [1.807, 2.05) is 30.3 Å². The van der Waals surface area contributed by atoms with Gasteiger partial charge in [0, 0.05) is 12.7 Å². The number of nitrogens with one attached hydrogen (secondary N) is 1. The summed E-state index contributed by atoms with van der Waals surface area (Å²) >= 11 is 1.11. The van der Waals surface area contributed by atoms with Crippen molar-refractivity contribution in [1.82, 2.24) is 10.3 Å². The Hall–Kier alpha value is -3.05. The molecule has 33 heavy (non-hydrogen) atoms. The molecule has 4 rings (SSSR count). The quantitative estimate of drug-likeness (QED) is 0.460. The molecule has 11 heteroatoms. The second kappa shape index (κ2) is 10.3. The predicted molar refractivity (Wildman–Crippen MR) is 118 cm³/mol. The molecule has 1 N–H and O–H groups in total. The monoisotopic (exact) mass is 481 g/mol. The molecule has 1 aromatic heterocycles. The number of carbonyl (C=O) groups excluding carboxylic acids is 1. The lowest BCUT2D eigenvalue weighted by molar-refractivity contribution is -0.274. The molecule has 0 radical (unpaired) electrons. The smallest absolute Gasteiger partial charge is 0.492 e. The molecule has 0 spiro atoms. The number of alkyl halides is 3. The Morgan fingerprint density at radius 2 is 2.03 bits per heavy atom. The zero-order valence-electron chi connectivity index (χ0n) is 17.5. The topological polar surface area (TPSA) is 72.9 Å². The second-order valence-electron chi connectivity index (χ2n) is 7.31. The molecule has 2 aromatic carbocycles. The maximum Gasteiger partial charge on any atom is 0.573 e. The Morgan fingerprint density at radius 3 is 2.76 bits per heavy atom. The highest BCUT2D eigenvalue weighted by Crippen LogP contribution is 2.34. The SMILES string of the molecule is O=C(NCCOc1ccccc1)N(CC1CCCO1)c1nc2ccc(OC(F)(F)F)cc2s1. The van der Waals surface area contributed by atoms with E-state index in [9.17, 15) is 18.0 Å². The number of rotatable bonds is 8. The molecule has 3 aromatic rings. The molecule has 7 nitrogen and oxygen atoms in total. The lowest BCUT2D eigenvalue weighted by Crippen LogP contribution is -2.45. The molecule has 2 amide bonds. The fraction of sp³-hybridized carbons (Fsp3) is 0.364. The van der Waals surface area contributed by atoms with Crippen molar-refractivity contribution in [2.75, 3.05) is 31.2 Å². The number of halogens is 3. The van der Waals surface area contributed by atoms with E-state index in [-0.39, 0.29) is 37.6 Å². The number of anilines is 1. The van der Waals surface area contributed by atoms with Gasteiger partial charge in [-0.05, 0) is 37.1 Å². The largest absolute Gasteiger partial charge is 0.573 e. The van der Waals surface area contributed by atoms with Crippen molar-refractivity contribution >= 4 is 32.7 Å². The highest BCUT2D eigenvalue weighted by Gasteiger charge is 2.31. The van der Waals surface area contributed by atoms with Crippen LogP contribution in [0.3, 0.4) is 0 Å². The van der Waals surface area contributed by atoms with E-state index in [0.29, 0.717) is 27.7 Å². The van der Waals surface area contributed by atoms with Crippen molar-refractivity contribution in [2.24, 2.45) is 0 Å². The fourth-order valence-electron chi connectivity index (χ4n) is 3.38. The number of urea groups is 1. The van der Waals surface area contributed by atoms with Gasteiger partial charge >= 0.3 is 12.4 Å². The molecule has 0 saturated carbocycles. The van der Waals surface area contributed by atoms with Gasteiger partial charge < -0.3 is 19.5 Å². The van der Waals surface area contributed by atoms with Crippen LogP contribution in [0.4, 0.5) is 23.1 Å². The summed E-state index contributed by atoms with van der Waals surface area (Å²) in [6, 6.07) is 12.8. The van der Waals surface area contributed by atoms with Crippen LogP contribution < -0.4 is 19.7 Å². The van der Waals surface area contributed by atoms with E-state index < -0.39 is 6.36 Å². The number of ether oxygens (including phenoxy) is 3. The number of aromatic nitrogens is 1. The number of fused-ring (bicyclic) bond motifs is 1. The molecule has 1 aliphatic heterocycles. The van der Waals surface area contributed by atoms with Gasteiger partial charge in [0.25, 0.3) is 0 Å². The highest BCUT2D eigenvalue weighted by molar-refractivity contribution is 7.22. The zero-order valence-corrected chi connectivity index (χ0v) is 18.3. The minimum atomic E-state index is -4.78. The normalized spacial score (nSPS) is 16.0. The van der Waals surface area contributed by atoms with E-state index in [0.717, 1.165) is 24.2 Å². The first-order valence-electron chi connectivity index (χ1n) is 10.4. The molecule has 1 unspecified atom stereocenters. The third-order valence-electron chi connectivity index (χ3n) is 4.86. The minimum absolute atomic E-state index is 0.132. The number of hydrogen-bond acceptors (Lipinski definition) is 6. The Morgan fingerprint density at radius 1 is 1.21 bits per heavy atom. The number of carbonyl (C=O) groups is 1. The summed E-state index contributed by atoms with van der Waals surface area (Å²) in [6.45, 7) is 1.46. The molecule has 1 aliphatic rings. The number of nitrogens with zero attached hydrogens (tertiary/aromatic N) is 2. The molecule has 1 atom stereocenters. The third kappa shape index (κ3) is 6.48. The van der Waals surface area contributed by atoms with E-state index in [2.05, 4.69) is 15.0 Å². The lowest BCUT2D eigenvalue weighted by Gasteiger charge is -2.23. The summed E-state index contributed by atoms with van der Waals surface area (Å²) in [5.41, 5.74) is 0.474. The van der Waals surface area contributed by atoms with Crippen molar-refractivity contribution < 1.29 is 32.2 Å². The van der Waals surface area contributed by atoms with Gasteiger partial charge in [0.2, 0.25) is 0 Å². The summed E-state index contributed by atoms with van der Waals surface area (Å²) in [4.78, 5) is 18.9. The fourth-order valence-corrected chi connectivity index (χ4v) is 4.39. The number of thiazole rings is 1. The van der Waals surface area contributed by atoms with Crippen LogP contribution in [0.2, 0.25) is 0 Å². The average molecular weight is 481 g/mol. The first-order valence-corrected chi connectivity index (χ1v) is 11.2. The van der Waals surface area contributed by atoms with Crippen LogP contribution in [-0.4, -0.2) is 49.8 Å². The number of amides is 2. The van der Waals surface area contributed by atoms with Crippen molar-refractivity contribution in [2.45, 2.75) is 25.3 Å². The van der Waals surface area contributed by atoms with Gasteiger partial charge in [0.15, 0.2) is 5.13 Å². The lowest BCUT2D eigenvalue weighted by atomic mass is 10.2. The Labute approximate surface area is 192 Å². The first-order chi connectivity index (χ1) is 15.9. The van der Waals surface area contributed by atoms with E-state index in [1.165, 1.54) is 23.1 Å². The van der Waals surface area contributed by atoms with Gasteiger partial charge in [-0.25, -0.2) is 9.78 Å². The van der Waals surface area contributed by atoms with Crippen LogP contribution in [-0.2, 0) is 4.74 Å². The number of para-hydroxylation sites is 1. The van der Waals surface area contributed by atoms with Gasteiger partial charge in [-0.15, -0.1) is 13.2 Å². The minimum Gasteiger partial charge on any atom is -0.492 e. The highest BCUT2D eigenvalue weighted by atomic mass is 32.1. The zero-order chi connectivity index (χ0) is 23.3. The van der Waals surface area contributed by atoms with Gasteiger partial charge in [-0.2, -0.15) is 0 Å². The van der Waals surface area contributed by atoms with E-state index >= 15 is 0 Å². The molecular formula is C22H22F3N3O4S. The van der Waals surface area contributed by atoms with Crippen LogP contribution in [0.5, 0.6) is 11.5 Å². The molecule has 0 bridgehead atoms. The van der Waals surface area contributed by atoms with Crippen LogP contribution in [0, 0.1) is 0 Å². The van der Waals surface area contributed by atoms with Crippen LogP contribution in [0.15, 0.2) is 48.5 Å². The Bertz CT molecular complexity index is 1070. The first kappa shape index (κ1) is 23.1. The Kier molecular flexibility index (Phi) is 7.19. The average Bonchev–Trinajstić information content (AvgIpc) is 3.43. The standard InChI is InChI=1S/C22H22F3N3O4S/c23-22(24,25)32-16-8-9-18-19(13-16)33-21(27-18)28(14-17-7-4-11-30-17)20(29)26-10-12-31-15-5-2-1-3-6-15/h1-3,5-6,8-9,13,17H,4,7,10-12,14H2,(H,26,29). The van der Waals surface area contributed by atoms with Crippen LogP contribution >= 0.6 is 11.3 Å². The molecule has 176 valence electrons. The van der Waals surface area contributed by atoms with Gasteiger partial charge in [0.05, 0.1) is 29.4 Å². The van der Waals surface area contributed by atoms with Crippen molar-refractivity contribution in [1.29, 1.82) is 0 Å². The summed E-state index contributed by atoms with van der Waals surface area (Å²) in [5.74, 6) is 0.365. The molecule has 2 heterocycles. The number of hydrogen-bond donors (Lipinski definition) is 1. The van der Waals surface area contributed by atoms with Gasteiger partial charge in [-0.3, -0.25) is 4.90 Å². The second-order valence-corrected chi connectivity index (χ2v) is 8.32. The summed E-state index contributed by atoms with van der Waals surface area (Å²) < 4.78 is 53.4. The van der Waals surface area contributed by atoms with Crippen molar-refractivity contribution in [3.05, 3.63) is 48.5 Å². The summed E-state index contributed by atoms with van der Waals surface area (Å²) in [7, 11) is 0. The maximum atomic E-state index is 13.0. The van der Waals surface area contributed by atoms with E-state index in [4.69, 9.17) is 9.47 Å². The van der Waals surface area contributed by atoms with Crippen molar-refractivity contribution in [3.8, 4) is 11.5 Å². The van der Waals surface area contributed by atoms with Crippen LogP contribution in [0.1, 0.15) is 12.8 Å². The van der Waals surface area contributed by atoms with Gasteiger partial charge in [0.1, 0.15) is 18.1 Å². The Balaban J connectivity index is 1.46. The summed E-state index contributed by atoms with van der Waals surface area (Å²) in [5, 5.41) is 3.18. The molecule has 1 fully saturated rings. The molecule has 1 saturated heterocycles. The van der Waals surface area contributed by atoms with Crippen LogP contribution in [0.25, 0.3) is 10.2 Å². The van der Waals surface area contributed by atoms with E-state index in [1.54, 1.807) is 0 Å². The molecular weight excluding hydrogens is 459 g/mol. The maximum absolute atomic E-state index is 13.0. The summed E-state index contributed by atoms with van der Waals surface area (Å²) in [6.07, 6.45) is -3.19.